The van der Waals surface area contributed by atoms with Crippen molar-refractivity contribution in [1.82, 2.24) is 0 Å². The predicted molar refractivity (Wildman–Crippen MR) is 212 cm³/mol. The topological polar surface area (TPSA) is 55.4 Å². The van der Waals surface area contributed by atoms with Crippen molar-refractivity contribution in [3.8, 4) is 0 Å². The van der Waals surface area contributed by atoms with Crippen molar-refractivity contribution in [2.24, 2.45) is 5.41 Å². The van der Waals surface area contributed by atoms with E-state index in [0.717, 1.165) is 12.8 Å². The molecule has 0 radical (unpaired) electrons. The van der Waals surface area contributed by atoms with Crippen LogP contribution in [-0.4, -0.2) is 39.6 Å². The third kappa shape index (κ3) is 25.3. The normalized spacial score (nSPS) is 17.3. The van der Waals surface area contributed by atoms with Crippen LogP contribution in [0.1, 0.15) is 219 Å². The average Bonchev–Trinajstić information content (AvgIpc) is 3.12. The van der Waals surface area contributed by atoms with E-state index in [1.165, 1.54) is 193 Å². The quantitative estimate of drug-likeness (QED) is 0.0472. The van der Waals surface area contributed by atoms with Gasteiger partial charge in [-0.1, -0.05) is 206 Å². The van der Waals surface area contributed by atoms with Crippen LogP contribution in [0.15, 0.2) is 0 Å². The van der Waals surface area contributed by atoms with Crippen LogP contribution in [0.3, 0.4) is 0 Å². The predicted octanol–water partition coefficient (Wildman–Crippen LogP) is 14.8. The van der Waals surface area contributed by atoms with Crippen molar-refractivity contribution in [2.45, 2.75) is 219 Å². The number of hydrogen-bond donors (Lipinski definition) is 0. The molecular weight excluding hydrogens is 650 g/mol. The van der Waals surface area contributed by atoms with E-state index in [-0.39, 0.29) is 14.4 Å². The van der Waals surface area contributed by atoms with Crippen LogP contribution >= 0.6 is 17.2 Å². The molecule has 0 unspecified atom stereocenters. The average molecular weight is 734 g/mol. The third-order valence-electron chi connectivity index (χ3n) is 10.4. The molecule has 2 fully saturated rings. The van der Waals surface area contributed by atoms with Gasteiger partial charge >= 0.3 is 8.17 Å². The fraction of sp³-hybridized carbons (Fsp3) is 1.00. The molecule has 2 rings (SSSR count). The number of rotatable bonds is 36. The largest absolute Gasteiger partial charge is 0.575 e. The molecule has 6 nitrogen and oxygen atoms in total. The van der Waals surface area contributed by atoms with Crippen molar-refractivity contribution in [1.29, 1.82) is 0 Å². The van der Waals surface area contributed by atoms with Crippen molar-refractivity contribution < 1.29 is 27.1 Å². The maximum absolute atomic E-state index is 6.32. The summed E-state index contributed by atoms with van der Waals surface area (Å²) in [6, 6.07) is 0. The molecule has 0 N–H and O–H groups in total. The summed E-state index contributed by atoms with van der Waals surface area (Å²) in [4.78, 5) is 0. The number of unbranched alkanes of at least 4 members (excludes halogenated alkanes) is 30. The van der Waals surface area contributed by atoms with Gasteiger partial charge in [0, 0.05) is 0 Å². The molecule has 2 aliphatic rings. The van der Waals surface area contributed by atoms with E-state index in [2.05, 4.69) is 13.8 Å². The molecule has 0 aliphatic carbocycles. The Balaban J connectivity index is 1.47. The molecule has 2 aliphatic heterocycles. The molecule has 1 spiro atoms. The summed E-state index contributed by atoms with van der Waals surface area (Å²) in [6.07, 6.45) is 43.7. The van der Waals surface area contributed by atoms with Gasteiger partial charge in [0.2, 0.25) is 0 Å². The van der Waals surface area contributed by atoms with Gasteiger partial charge in [-0.2, -0.15) is 18.1 Å². The first-order valence-electron chi connectivity index (χ1n) is 21.7. The van der Waals surface area contributed by atoms with Gasteiger partial charge in [0.25, 0.3) is 0 Å². The Bertz CT molecular complexity index is 643. The minimum atomic E-state index is -2.77. The van der Waals surface area contributed by atoms with Gasteiger partial charge in [-0.3, -0.25) is 0 Å². The first kappa shape index (κ1) is 45.8. The maximum atomic E-state index is 6.32. The molecule has 0 atom stereocenters. The Labute approximate surface area is 308 Å². The fourth-order valence-corrected chi connectivity index (χ4v) is 9.80. The lowest BCUT2D eigenvalue weighted by Crippen LogP contribution is -2.45. The van der Waals surface area contributed by atoms with Crippen LogP contribution in [0.25, 0.3) is 0 Å². The van der Waals surface area contributed by atoms with E-state index in [0.29, 0.717) is 39.6 Å². The summed E-state index contributed by atoms with van der Waals surface area (Å²) in [7, 11) is -2.65. The lowest BCUT2D eigenvalue weighted by atomic mass is 9.93. The van der Waals surface area contributed by atoms with Gasteiger partial charge in [0.1, 0.15) is 26.4 Å². The zero-order valence-corrected chi connectivity index (χ0v) is 34.7. The van der Waals surface area contributed by atoms with Crippen molar-refractivity contribution in [3.63, 3.8) is 0 Å². The lowest BCUT2D eigenvalue weighted by molar-refractivity contribution is -0.0921. The highest BCUT2D eigenvalue weighted by atomic mass is 31.2. The van der Waals surface area contributed by atoms with E-state index in [4.69, 9.17) is 27.1 Å². The van der Waals surface area contributed by atoms with E-state index < -0.39 is 8.17 Å². The van der Waals surface area contributed by atoms with Crippen LogP contribution in [0.5, 0.6) is 0 Å². The van der Waals surface area contributed by atoms with Crippen molar-refractivity contribution in [2.75, 3.05) is 39.6 Å². The van der Waals surface area contributed by atoms with Crippen LogP contribution < -0.4 is 0 Å². The van der Waals surface area contributed by atoms with Crippen LogP contribution in [0.4, 0.5) is 0 Å². The lowest BCUT2D eigenvalue weighted by Gasteiger charge is -2.38. The Morgan fingerprint density at radius 2 is 0.653 bits per heavy atom. The summed E-state index contributed by atoms with van der Waals surface area (Å²) in [5.41, 5.74) is -0.232. The van der Waals surface area contributed by atoms with E-state index in [1.807, 2.05) is 0 Å². The summed E-state index contributed by atoms with van der Waals surface area (Å²) in [6.45, 7) is 8.15. The molecular formula is C41H83O6P2+. The zero-order chi connectivity index (χ0) is 34.8. The SMILES string of the molecule is CCCCCCCCCCCCCCCCCCO[P+]1(OCCCCCCCCCCCCCCCCCC)OCC2(COPOC2)CO1. The minimum absolute atomic E-state index is 0.118. The molecule has 2 heterocycles. The standard InChI is InChI=1S/C41H83O6P2/c1-3-5-7-9-11-13-15-17-19-21-23-25-27-29-31-33-35-44-49(46-39-41(40-47-49)37-42-48-43-38-41)45-36-34-32-30-28-26-24-22-20-18-16-14-12-10-8-6-4-2/h48H,3-40H2,1-2H3/q+1. The minimum Gasteiger partial charge on any atom is -0.335 e. The molecule has 0 aromatic heterocycles. The van der Waals surface area contributed by atoms with Gasteiger partial charge < -0.3 is 9.05 Å². The van der Waals surface area contributed by atoms with Crippen LogP contribution in [0, 0.1) is 5.41 Å². The monoisotopic (exact) mass is 734 g/mol. The highest BCUT2D eigenvalue weighted by Crippen LogP contribution is 2.67. The first-order chi connectivity index (χ1) is 24.2. The third-order valence-corrected chi connectivity index (χ3v) is 12.8. The molecule has 0 bridgehead atoms. The summed E-state index contributed by atoms with van der Waals surface area (Å²) in [5, 5.41) is 0. The van der Waals surface area contributed by atoms with Gasteiger partial charge in [-0.15, -0.1) is 0 Å². The summed E-state index contributed by atoms with van der Waals surface area (Å²) in [5.74, 6) is 0. The van der Waals surface area contributed by atoms with Crippen LogP contribution in [0.2, 0.25) is 0 Å². The van der Waals surface area contributed by atoms with Crippen molar-refractivity contribution >= 4 is 17.2 Å². The molecule has 0 aromatic carbocycles. The smallest absolute Gasteiger partial charge is 0.335 e. The fourth-order valence-electron chi connectivity index (χ4n) is 6.97. The molecule has 49 heavy (non-hydrogen) atoms. The Morgan fingerprint density at radius 3 is 0.939 bits per heavy atom. The highest BCUT2D eigenvalue weighted by molar-refractivity contribution is 7.56. The van der Waals surface area contributed by atoms with E-state index in [9.17, 15) is 0 Å². The summed E-state index contributed by atoms with van der Waals surface area (Å²) >= 11 is 0. The second kappa shape index (κ2) is 33.2. The van der Waals surface area contributed by atoms with Crippen molar-refractivity contribution in [3.05, 3.63) is 0 Å². The second-order valence-corrected chi connectivity index (χ2v) is 18.1. The van der Waals surface area contributed by atoms with Crippen LogP contribution in [-0.2, 0) is 27.1 Å². The maximum Gasteiger partial charge on any atom is 0.575 e. The van der Waals surface area contributed by atoms with Gasteiger partial charge in [0.15, 0.2) is 9.03 Å². The molecule has 0 aromatic rings. The van der Waals surface area contributed by atoms with E-state index in [1.54, 1.807) is 0 Å². The second-order valence-electron chi connectivity index (χ2n) is 15.4. The number of hydrogen-bond acceptors (Lipinski definition) is 6. The Morgan fingerprint density at radius 1 is 0.388 bits per heavy atom. The molecule has 0 saturated carbocycles. The molecule has 2 saturated heterocycles. The van der Waals surface area contributed by atoms with Gasteiger partial charge in [0.05, 0.1) is 18.6 Å². The van der Waals surface area contributed by atoms with Gasteiger partial charge in [-0.25, -0.2) is 0 Å². The Kier molecular flexibility index (Phi) is 31.0. The molecule has 8 heteroatoms. The first-order valence-corrected chi connectivity index (χ1v) is 24.0. The molecule has 0 amide bonds. The highest BCUT2D eigenvalue weighted by Gasteiger charge is 2.58. The summed E-state index contributed by atoms with van der Waals surface area (Å²) < 4.78 is 36.4. The van der Waals surface area contributed by atoms with Gasteiger partial charge in [-0.05, 0) is 12.8 Å². The Hall–Kier alpha value is 0.620. The zero-order valence-electron chi connectivity index (χ0n) is 32.8. The van der Waals surface area contributed by atoms with E-state index >= 15 is 0 Å². The molecule has 292 valence electrons.